The number of nitrogens with zero attached hydrogens (tertiary/aromatic N) is 2. The Morgan fingerprint density at radius 3 is 2.95 bits per heavy atom. The number of carbonyl (C=O) groups is 1. The third-order valence-electron chi connectivity index (χ3n) is 3.19. The van der Waals surface area contributed by atoms with Gasteiger partial charge < -0.3 is 9.64 Å². The van der Waals surface area contributed by atoms with Gasteiger partial charge in [-0.3, -0.25) is 9.89 Å². The lowest BCUT2D eigenvalue weighted by Crippen LogP contribution is -2.43. The van der Waals surface area contributed by atoms with Crippen LogP contribution in [0.1, 0.15) is 16.8 Å². The van der Waals surface area contributed by atoms with E-state index in [1.165, 1.54) is 12.4 Å². The molecule has 2 rings (SSSR count). The maximum Gasteiger partial charge on any atom is 0.257 e. The van der Waals surface area contributed by atoms with Gasteiger partial charge >= 0.3 is 0 Å². The Bertz CT molecular complexity index is 526. The molecule has 8 heteroatoms. The van der Waals surface area contributed by atoms with E-state index in [-0.39, 0.29) is 23.5 Å². The zero-order valence-corrected chi connectivity index (χ0v) is 11.5. The number of rotatable bonds is 5. The Morgan fingerprint density at radius 1 is 1.63 bits per heavy atom. The standard InChI is InChI=1S/C11H17N3O4S/c1-18-4-3-14(10-2-5-19(16,17)8-10)11(15)9-6-12-13-7-9/h6-7,10H,2-5,8H2,1H3,(H,12,13). The Morgan fingerprint density at radius 2 is 2.42 bits per heavy atom. The Labute approximate surface area is 111 Å². The molecule has 0 radical (unpaired) electrons. The van der Waals surface area contributed by atoms with Crippen LogP contribution in [0.15, 0.2) is 12.4 Å². The summed E-state index contributed by atoms with van der Waals surface area (Å²) in [6, 6.07) is -0.275. The number of ether oxygens (including phenoxy) is 1. The zero-order valence-electron chi connectivity index (χ0n) is 10.7. The number of nitrogens with one attached hydrogen (secondary N) is 1. The zero-order chi connectivity index (χ0) is 13.9. The normalized spacial score (nSPS) is 21.4. The summed E-state index contributed by atoms with van der Waals surface area (Å²) in [5.41, 5.74) is 0.431. The van der Waals surface area contributed by atoms with Crippen LogP contribution >= 0.6 is 0 Å². The van der Waals surface area contributed by atoms with Gasteiger partial charge in [-0.1, -0.05) is 0 Å². The molecule has 1 atom stereocenters. The van der Waals surface area contributed by atoms with Crippen molar-refractivity contribution in [1.82, 2.24) is 15.1 Å². The second-order valence-electron chi connectivity index (χ2n) is 4.54. The summed E-state index contributed by atoms with van der Waals surface area (Å²) in [7, 11) is -1.48. The largest absolute Gasteiger partial charge is 0.383 e. The molecule has 1 unspecified atom stereocenters. The van der Waals surface area contributed by atoms with Crippen LogP contribution in [0.3, 0.4) is 0 Å². The SMILES string of the molecule is COCCN(C(=O)c1cn[nH]c1)C1CCS(=O)(=O)C1. The summed E-state index contributed by atoms with van der Waals surface area (Å²) < 4.78 is 28.1. The van der Waals surface area contributed by atoms with Crippen LogP contribution in [0, 0.1) is 0 Å². The van der Waals surface area contributed by atoms with Crippen LogP contribution in [0.2, 0.25) is 0 Å². The van der Waals surface area contributed by atoms with E-state index in [0.717, 1.165) is 0 Å². The van der Waals surface area contributed by atoms with Gasteiger partial charge in [0.25, 0.3) is 5.91 Å². The topological polar surface area (TPSA) is 92.4 Å². The van der Waals surface area contributed by atoms with Gasteiger partial charge in [-0.25, -0.2) is 8.42 Å². The molecule has 1 fully saturated rings. The second-order valence-corrected chi connectivity index (χ2v) is 6.76. The fraction of sp³-hybridized carbons (Fsp3) is 0.636. The maximum absolute atomic E-state index is 12.3. The highest BCUT2D eigenvalue weighted by molar-refractivity contribution is 7.91. The van der Waals surface area contributed by atoms with Gasteiger partial charge in [0.1, 0.15) is 0 Å². The van der Waals surface area contributed by atoms with Crippen molar-refractivity contribution in [1.29, 1.82) is 0 Å². The molecule has 1 aromatic heterocycles. The van der Waals surface area contributed by atoms with Crippen molar-refractivity contribution in [2.75, 3.05) is 31.8 Å². The molecule has 1 aromatic rings. The van der Waals surface area contributed by atoms with E-state index in [1.807, 2.05) is 0 Å². The van der Waals surface area contributed by atoms with Crippen LogP contribution < -0.4 is 0 Å². The lowest BCUT2D eigenvalue weighted by Gasteiger charge is -2.27. The van der Waals surface area contributed by atoms with Crippen molar-refractivity contribution in [3.63, 3.8) is 0 Å². The average molecular weight is 287 g/mol. The van der Waals surface area contributed by atoms with Gasteiger partial charge in [0, 0.05) is 25.9 Å². The molecular formula is C11H17N3O4S. The summed E-state index contributed by atoms with van der Waals surface area (Å²) >= 11 is 0. The van der Waals surface area contributed by atoms with Gasteiger partial charge in [-0.05, 0) is 6.42 Å². The average Bonchev–Trinajstić information content (AvgIpc) is 2.99. The summed E-state index contributed by atoms with van der Waals surface area (Å²) in [6.45, 7) is 0.751. The lowest BCUT2D eigenvalue weighted by molar-refractivity contribution is 0.0624. The first-order chi connectivity index (χ1) is 9.03. The van der Waals surface area contributed by atoms with Crippen LogP contribution in [-0.4, -0.2) is 67.2 Å². The van der Waals surface area contributed by atoms with Crippen molar-refractivity contribution in [2.24, 2.45) is 0 Å². The third-order valence-corrected chi connectivity index (χ3v) is 4.94. The van der Waals surface area contributed by atoms with Crippen molar-refractivity contribution in [3.05, 3.63) is 18.0 Å². The van der Waals surface area contributed by atoms with Gasteiger partial charge in [0.15, 0.2) is 9.84 Å². The fourth-order valence-corrected chi connectivity index (χ4v) is 3.93. The highest BCUT2D eigenvalue weighted by Crippen LogP contribution is 2.19. The smallest absolute Gasteiger partial charge is 0.257 e. The second kappa shape index (κ2) is 5.70. The summed E-state index contributed by atoms with van der Waals surface area (Å²) in [4.78, 5) is 13.9. The molecule has 0 spiro atoms. The molecule has 7 nitrogen and oxygen atoms in total. The van der Waals surface area contributed by atoms with E-state index >= 15 is 0 Å². The summed E-state index contributed by atoms with van der Waals surface area (Å²) in [5, 5.41) is 6.32. The van der Waals surface area contributed by atoms with Crippen molar-refractivity contribution in [3.8, 4) is 0 Å². The van der Waals surface area contributed by atoms with E-state index in [0.29, 0.717) is 25.1 Å². The van der Waals surface area contributed by atoms with Crippen molar-refractivity contribution in [2.45, 2.75) is 12.5 Å². The number of hydrogen-bond donors (Lipinski definition) is 1. The quantitative estimate of drug-likeness (QED) is 0.801. The maximum atomic E-state index is 12.3. The van der Waals surface area contributed by atoms with Crippen molar-refractivity contribution >= 4 is 15.7 Å². The molecule has 1 saturated heterocycles. The number of hydrogen-bond acceptors (Lipinski definition) is 5. The molecule has 1 aliphatic heterocycles. The monoisotopic (exact) mass is 287 g/mol. The molecule has 19 heavy (non-hydrogen) atoms. The number of sulfone groups is 1. The number of methoxy groups -OCH3 is 1. The van der Waals surface area contributed by atoms with Gasteiger partial charge in [0.05, 0.1) is 29.9 Å². The number of amides is 1. The van der Waals surface area contributed by atoms with Crippen LogP contribution in [-0.2, 0) is 14.6 Å². The Kier molecular flexibility index (Phi) is 4.20. The first-order valence-corrected chi connectivity index (χ1v) is 7.85. The molecule has 106 valence electrons. The van der Waals surface area contributed by atoms with E-state index in [4.69, 9.17) is 4.74 Å². The summed E-state index contributed by atoms with van der Waals surface area (Å²) in [5.74, 6) is -0.0481. The van der Waals surface area contributed by atoms with Crippen molar-refractivity contribution < 1.29 is 17.9 Å². The minimum atomic E-state index is -3.03. The minimum Gasteiger partial charge on any atom is -0.383 e. The van der Waals surface area contributed by atoms with Gasteiger partial charge in [-0.2, -0.15) is 5.10 Å². The van der Waals surface area contributed by atoms with Gasteiger partial charge in [0.2, 0.25) is 0 Å². The highest BCUT2D eigenvalue weighted by Gasteiger charge is 2.34. The summed E-state index contributed by atoms with van der Waals surface area (Å²) in [6.07, 6.45) is 3.42. The van der Waals surface area contributed by atoms with E-state index in [1.54, 1.807) is 12.0 Å². The fourth-order valence-electron chi connectivity index (χ4n) is 2.19. The highest BCUT2D eigenvalue weighted by atomic mass is 32.2. The molecule has 0 saturated carbocycles. The predicted molar refractivity (Wildman–Crippen MR) is 68.6 cm³/mol. The molecule has 0 bridgehead atoms. The Hall–Kier alpha value is -1.41. The Balaban J connectivity index is 2.14. The van der Waals surface area contributed by atoms with Gasteiger partial charge in [-0.15, -0.1) is 0 Å². The molecule has 0 aromatic carbocycles. The number of aromatic amines is 1. The van der Waals surface area contributed by atoms with Crippen LogP contribution in [0.4, 0.5) is 0 Å². The molecule has 0 aliphatic carbocycles. The lowest BCUT2D eigenvalue weighted by atomic mass is 10.2. The third kappa shape index (κ3) is 3.32. The van der Waals surface area contributed by atoms with E-state index in [9.17, 15) is 13.2 Å². The first kappa shape index (κ1) is 14.0. The van der Waals surface area contributed by atoms with Crippen LogP contribution in [0.5, 0.6) is 0 Å². The van der Waals surface area contributed by atoms with E-state index in [2.05, 4.69) is 10.2 Å². The predicted octanol–water partition coefficient (Wildman–Crippen LogP) is -0.315. The number of carbonyl (C=O) groups excluding carboxylic acids is 1. The minimum absolute atomic E-state index is 0.0281. The molecule has 1 amide bonds. The molecule has 2 heterocycles. The van der Waals surface area contributed by atoms with Crippen LogP contribution in [0.25, 0.3) is 0 Å². The molecule has 1 aliphatic rings. The molecular weight excluding hydrogens is 270 g/mol. The first-order valence-electron chi connectivity index (χ1n) is 6.02. The molecule has 1 N–H and O–H groups in total. The number of aromatic nitrogens is 2. The van der Waals surface area contributed by atoms with E-state index < -0.39 is 9.84 Å². The number of H-pyrrole nitrogens is 1.